The monoisotopic (exact) mass is 228 g/mol. The van der Waals surface area contributed by atoms with E-state index in [1.807, 2.05) is 0 Å². The predicted molar refractivity (Wildman–Crippen MR) is 44.2 cm³/mol. The molecule has 0 rings (SSSR count). The van der Waals surface area contributed by atoms with E-state index >= 15 is 0 Å². The second kappa shape index (κ2) is 6.71. The minimum Gasteiger partial charge on any atom is -0.464 e. The van der Waals surface area contributed by atoms with Crippen LogP contribution in [-0.2, 0) is 33.3 Å². The summed E-state index contributed by atoms with van der Waals surface area (Å²) in [7, 11) is -4.28. The van der Waals surface area contributed by atoms with E-state index in [9.17, 15) is 13.2 Å². The lowest BCUT2D eigenvalue weighted by Crippen LogP contribution is -2.18. The minimum atomic E-state index is -4.28. The molecule has 0 aliphatic rings. The Labute approximate surface area is 82.2 Å². The molecule has 0 N–H and O–H groups in total. The van der Waals surface area contributed by atoms with Gasteiger partial charge in [-0.3, -0.25) is 0 Å². The first-order chi connectivity index (χ1) is 6.52. The lowest BCUT2D eigenvalue weighted by Gasteiger charge is -2.03. The fourth-order valence-corrected chi connectivity index (χ4v) is 0.944. The summed E-state index contributed by atoms with van der Waals surface area (Å²) in [5, 5.41) is 0. The molecule has 14 heavy (non-hydrogen) atoms. The van der Waals surface area contributed by atoms with E-state index in [0.29, 0.717) is 0 Å². The van der Waals surface area contributed by atoms with Crippen molar-refractivity contribution in [2.24, 2.45) is 0 Å². The van der Waals surface area contributed by atoms with E-state index in [0.717, 1.165) is 0 Å². The molecule has 0 unspecified atom stereocenters. The molecule has 0 fully saturated rings. The van der Waals surface area contributed by atoms with Crippen molar-refractivity contribution in [2.75, 3.05) is 19.8 Å². The van der Waals surface area contributed by atoms with E-state index in [1.165, 1.54) is 6.92 Å². The van der Waals surface area contributed by atoms with Crippen LogP contribution in [-0.4, -0.2) is 34.2 Å². The van der Waals surface area contributed by atoms with Gasteiger partial charge < -0.3 is 4.74 Å². The molecule has 0 aromatic heterocycles. The molecule has 0 saturated carbocycles. The zero-order valence-electron chi connectivity index (χ0n) is 7.89. The number of carbonyl (C=O) groups excluding carboxylic acids is 1. The third-order valence-corrected chi connectivity index (χ3v) is 1.55. The van der Waals surface area contributed by atoms with Gasteiger partial charge in [-0.15, -0.1) is 0 Å². The Morgan fingerprint density at radius 1 is 1.21 bits per heavy atom. The van der Waals surface area contributed by atoms with Gasteiger partial charge in [0, 0.05) is 0 Å². The third kappa shape index (κ3) is 6.78. The van der Waals surface area contributed by atoms with Crippen molar-refractivity contribution >= 4 is 16.4 Å². The number of ether oxygens (including phenoxy) is 1. The van der Waals surface area contributed by atoms with Gasteiger partial charge in [0.25, 0.3) is 0 Å². The van der Waals surface area contributed by atoms with Crippen LogP contribution in [0.25, 0.3) is 0 Å². The highest BCUT2D eigenvalue weighted by molar-refractivity contribution is 7.81. The van der Waals surface area contributed by atoms with Crippen molar-refractivity contribution in [3.63, 3.8) is 0 Å². The first-order valence-corrected chi connectivity index (χ1v) is 5.21. The van der Waals surface area contributed by atoms with Crippen LogP contribution in [0.1, 0.15) is 13.8 Å². The van der Waals surface area contributed by atoms with Crippen LogP contribution in [0.3, 0.4) is 0 Å². The fourth-order valence-electron chi connectivity index (χ4n) is 0.450. The maximum absolute atomic E-state index is 10.7. The molecular weight excluding hydrogens is 216 g/mol. The normalized spacial score (nSPS) is 11.3. The fraction of sp³-hybridized carbons (Fsp3) is 0.833. The lowest BCUT2D eigenvalue weighted by molar-refractivity contribution is -0.205. The second-order valence-electron chi connectivity index (χ2n) is 1.95. The smallest absolute Gasteiger partial charge is 0.427 e. The standard InChI is InChI=1S/C6H12O7S/c1-3-10-6(7)5-12-14(8,9)13-11-4-2/h3-5H2,1-2H3. The average molecular weight is 228 g/mol. The van der Waals surface area contributed by atoms with Gasteiger partial charge in [-0.2, -0.15) is 8.42 Å². The van der Waals surface area contributed by atoms with Crippen LogP contribution < -0.4 is 0 Å². The summed E-state index contributed by atoms with van der Waals surface area (Å²) in [4.78, 5) is 14.8. The van der Waals surface area contributed by atoms with Crippen LogP contribution in [0.4, 0.5) is 0 Å². The summed E-state index contributed by atoms with van der Waals surface area (Å²) in [6.07, 6.45) is 0. The highest BCUT2D eigenvalue weighted by atomic mass is 32.3. The molecule has 0 aliphatic heterocycles. The third-order valence-electron chi connectivity index (χ3n) is 0.876. The maximum atomic E-state index is 10.7. The zero-order chi connectivity index (χ0) is 11.0. The van der Waals surface area contributed by atoms with Gasteiger partial charge in [0.05, 0.1) is 13.2 Å². The van der Waals surface area contributed by atoms with Gasteiger partial charge >= 0.3 is 16.4 Å². The topological polar surface area (TPSA) is 88.1 Å². The number of hydrogen-bond donors (Lipinski definition) is 0. The molecule has 0 amide bonds. The summed E-state index contributed by atoms with van der Waals surface area (Å²) in [6.45, 7) is 2.57. The van der Waals surface area contributed by atoms with Crippen LogP contribution in [0, 0.1) is 0 Å². The van der Waals surface area contributed by atoms with Gasteiger partial charge in [0.2, 0.25) is 0 Å². The van der Waals surface area contributed by atoms with E-state index < -0.39 is 23.0 Å². The van der Waals surface area contributed by atoms with Crippen LogP contribution in [0.2, 0.25) is 0 Å². The summed E-state index contributed by atoms with van der Waals surface area (Å²) < 4.78 is 33.8. The SMILES string of the molecule is CCOOS(=O)(=O)OCC(=O)OCC. The van der Waals surface area contributed by atoms with Gasteiger partial charge in [-0.25, -0.2) is 13.9 Å². The van der Waals surface area contributed by atoms with Gasteiger partial charge in [0.1, 0.15) is 0 Å². The minimum absolute atomic E-state index is 0.0436. The Bertz CT molecular complexity index is 257. The predicted octanol–water partition coefficient (Wildman–Crippen LogP) is -0.221. The van der Waals surface area contributed by atoms with Crippen molar-refractivity contribution in [1.29, 1.82) is 0 Å². The van der Waals surface area contributed by atoms with Crippen molar-refractivity contribution in [3.05, 3.63) is 0 Å². The number of carbonyl (C=O) groups is 1. The summed E-state index contributed by atoms with van der Waals surface area (Å²) in [5.41, 5.74) is 0. The second-order valence-corrected chi connectivity index (χ2v) is 3.14. The lowest BCUT2D eigenvalue weighted by atomic mass is 10.7. The first-order valence-electron chi connectivity index (χ1n) is 3.88. The Balaban J connectivity index is 3.81. The molecule has 8 heteroatoms. The highest BCUT2D eigenvalue weighted by Gasteiger charge is 2.16. The van der Waals surface area contributed by atoms with E-state index in [-0.39, 0.29) is 13.2 Å². The van der Waals surface area contributed by atoms with E-state index in [4.69, 9.17) is 0 Å². The largest absolute Gasteiger partial charge is 0.464 e. The molecule has 84 valence electrons. The quantitative estimate of drug-likeness (QED) is 0.338. The zero-order valence-corrected chi connectivity index (χ0v) is 8.70. The Morgan fingerprint density at radius 2 is 1.86 bits per heavy atom. The van der Waals surface area contributed by atoms with Gasteiger partial charge in [-0.1, -0.05) is 4.33 Å². The van der Waals surface area contributed by atoms with Crippen LogP contribution >= 0.6 is 0 Å². The first kappa shape index (κ1) is 13.3. The van der Waals surface area contributed by atoms with E-state index in [2.05, 4.69) is 18.1 Å². The Morgan fingerprint density at radius 3 is 2.36 bits per heavy atom. The summed E-state index contributed by atoms with van der Waals surface area (Å²) in [5.74, 6) is -0.795. The highest BCUT2D eigenvalue weighted by Crippen LogP contribution is 1.97. The van der Waals surface area contributed by atoms with Crippen molar-refractivity contribution in [2.45, 2.75) is 13.8 Å². The van der Waals surface area contributed by atoms with Crippen molar-refractivity contribution < 1.29 is 31.4 Å². The molecule has 0 atom stereocenters. The van der Waals surface area contributed by atoms with Crippen molar-refractivity contribution in [3.8, 4) is 0 Å². The molecule has 0 radical (unpaired) electrons. The summed E-state index contributed by atoms with van der Waals surface area (Å²) in [6, 6.07) is 0. The molecular formula is C6H12O7S. The molecule has 7 nitrogen and oxygen atoms in total. The molecule has 0 bridgehead atoms. The van der Waals surface area contributed by atoms with E-state index in [1.54, 1.807) is 6.92 Å². The molecule has 0 aromatic rings. The molecule has 0 heterocycles. The number of rotatable bonds is 7. The number of esters is 1. The maximum Gasteiger partial charge on any atom is 0.427 e. The Hall–Kier alpha value is -0.700. The van der Waals surface area contributed by atoms with Gasteiger partial charge in [0.15, 0.2) is 6.61 Å². The summed E-state index contributed by atoms with van der Waals surface area (Å²) >= 11 is 0. The van der Waals surface area contributed by atoms with Crippen LogP contribution in [0.5, 0.6) is 0 Å². The molecule has 0 spiro atoms. The molecule has 0 aromatic carbocycles. The van der Waals surface area contributed by atoms with Crippen molar-refractivity contribution in [1.82, 2.24) is 0 Å². The van der Waals surface area contributed by atoms with Gasteiger partial charge in [-0.05, 0) is 13.8 Å². The average Bonchev–Trinajstić information content (AvgIpc) is 2.13. The van der Waals surface area contributed by atoms with Crippen LogP contribution in [0.15, 0.2) is 0 Å². The molecule has 0 aliphatic carbocycles. The Kier molecular flexibility index (Phi) is 6.37. The number of hydrogen-bond acceptors (Lipinski definition) is 7. The molecule has 0 saturated heterocycles.